The predicted molar refractivity (Wildman–Crippen MR) is 91.7 cm³/mol. The van der Waals surface area contributed by atoms with Crippen LogP contribution in [-0.4, -0.2) is 49.1 Å². The third kappa shape index (κ3) is 3.76. The summed E-state index contributed by atoms with van der Waals surface area (Å²) in [5.74, 6) is -0.408. The van der Waals surface area contributed by atoms with Crippen molar-refractivity contribution in [1.29, 1.82) is 0 Å². The molecule has 0 radical (unpaired) electrons. The molecule has 0 spiro atoms. The molecule has 2 amide bonds. The lowest BCUT2D eigenvalue weighted by Crippen LogP contribution is -2.44. The number of fused-ring (bicyclic) bond motifs is 1. The number of carbonyl (C=O) groups is 2. The number of ether oxygens (including phenoxy) is 1. The van der Waals surface area contributed by atoms with E-state index in [1.54, 1.807) is 0 Å². The molecule has 1 fully saturated rings. The van der Waals surface area contributed by atoms with Gasteiger partial charge in [0.15, 0.2) is 0 Å². The Kier molecular flexibility index (Phi) is 5.48. The molecule has 6 heteroatoms. The van der Waals surface area contributed by atoms with E-state index >= 15 is 0 Å². The fraction of sp³-hybridized carbons (Fsp3) is 0.556. The molecule has 1 aromatic carbocycles. The van der Waals surface area contributed by atoms with E-state index in [9.17, 15) is 9.59 Å². The largest absolute Gasteiger partial charge is 0.378 e. The minimum Gasteiger partial charge on any atom is -0.378 e. The molecular formula is C18H25N3O3. The van der Waals surface area contributed by atoms with Crippen molar-refractivity contribution >= 4 is 17.5 Å². The average molecular weight is 331 g/mol. The van der Waals surface area contributed by atoms with Crippen LogP contribution in [0.4, 0.5) is 5.69 Å². The van der Waals surface area contributed by atoms with Gasteiger partial charge < -0.3 is 20.7 Å². The van der Waals surface area contributed by atoms with Gasteiger partial charge in [0.2, 0.25) is 11.8 Å². The molecule has 1 aromatic rings. The summed E-state index contributed by atoms with van der Waals surface area (Å²) < 4.78 is 5.79. The number of para-hydroxylation sites is 1. The van der Waals surface area contributed by atoms with Crippen LogP contribution in [0.5, 0.6) is 0 Å². The Hall–Kier alpha value is -1.92. The van der Waals surface area contributed by atoms with Crippen molar-refractivity contribution < 1.29 is 14.3 Å². The number of hydrogen-bond donors (Lipinski definition) is 2. The van der Waals surface area contributed by atoms with E-state index in [2.05, 4.69) is 5.32 Å². The molecule has 2 aliphatic heterocycles. The molecule has 2 aliphatic rings. The van der Waals surface area contributed by atoms with Gasteiger partial charge in [-0.25, -0.2) is 0 Å². The first-order chi connectivity index (χ1) is 11.7. The van der Waals surface area contributed by atoms with Gasteiger partial charge in [0.05, 0.1) is 12.0 Å². The molecule has 0 bridgehead atoms. The van der Waals surface area contributed by atoms with Crippen LogP contribution < -0.4 is 11.1 Å². The number of anilines is 1. The SMILES string of the molecule is NCCCOC1CCN(C(=O)C2CC(=O)Nc3ccccc32)CC1. The van der Waals surface area contributed by atoms with E-state index in [-0.39, 0.29) is 30.3 Å². The van der Waals surface area contributed by atoms with E-state index in [4.69, 9.17) is 10.5 Å². The fourth-order valence-corrected chi connectivity index (χ4v) is 3.43. The van der Waals surface area contributed by atoms with Crippen LogP contribution >= 0.6 is 0 Å². The van der Waals surface area contributed by atoms with Crippen LogP contribution in [0.1, 0.15) is 37.2 Å². The van der Waals surface area contributed by atoms with E-state index in [0.717, 1.165) is 30.5 Å². The number of likely N-dealkylation sites (tertiary alicyclic amines) is 1. The second kappa shape index (κ2) is 7.77. The summed E-state index contributed by atoms with van der Waals surface area (Å²) in [5, 5.41) is 2.84. The third-order valence-electron chi connectivity index (χ3n) is 4.75. The summed E-state index contributed by atoms with van der Waals surface area (Å²) in [6, 6.07) is 7.56. The summed E-state index contributed by atoms with van der Waals surface area (Å²) in [5.41, 5.74) is 7.15. The lowest BCUT2D eigenvalue weighted by Gasteiger charge is -2.35. The van der Waals surface area contributed by atoms with Crippen molar-refractivity contribution in [3.8, 4) is 0 Å². The van der Waals surface area contributed by atoms with Crippen molar-refractivity contribution in [3.63, 3.8) is 0 Å². The molecule has 1 saturated heterocycles. The second-order valence-corrected chi connectivity index (χ2v) is 6.43. The molecule has 24 heavy (non-hydrogen) atoms. The molecule has 0 aliphatic carbocycles. The highest BCUT2D eigenvalue weighted by Crippen LogP contribution is 2.34. The van der Waals surface area contributed by atoms with E-state index in [0.29, 0.717) is 26.2 Å². The van der Waals surface area contributed by atoms with Crippen molar-refractivity contribution in [2.75, 3.05) is 31.6 Å². The van der Waals surface area contributed by atoms with E-state index in [1.165, 1.54) is 0 Å². The van der Waals surface area contributed by atoms with Crippen LogP contribution in [0.15, 0.2) is 24.3 Å². The summed E-state index contributed by atoms with van der Waals surface area (Å²) in [6.45, 7) is 2.70. The molecular weight excluding hydrogens is 306 g/mol. The number of nitrogens with two attached hydrogens (primary N) is 1. The number of hydrogen-bond acceptors (Lipinski definition) is 4. The Morgan fingerprint density at radius 2 is 2.04 bits per heavy atom. The summed E-state index contributed by atoms with van der Waals surface area (Å²) >= 11 is 0. The minimum absolute atomic E-state index is 0.0534. The molecule has 1 unspecified atom stereocenters. The first-order valence-electron chi connectivity index (χ1n) is 8.68. The zero-order valence-electron chi connectivity index (χ0n) is 13.9. The Morgan fingerprint density at radius 1 is 1.29 bits per heavy atom. The van der Waals surface area contributed by atoms with Crippen molar-refractivity contribution in [1.82, 2.24) is 4.90 Å². The number of benzene rings is 1. The Morgan fingerprint density at radius 3 is 2.79 bits per heavy atom. The van der Waals surface area contributed by atoms with Crippen LogP contribution in [-0.2, 0) is 14.3 Å². The number of nitrogens with zero attached hydrogens (tertiary/aromatic N) is 1. The maximum Gasteiger partial charge on any atom is 0.230 e. The summed E-state index contributed by atoms with van der Waals surface area (Å²) in [6.07, 6.45) is 2.99. The topological polar surface area (TPSA) is 84.7 Å². The molecule has 3 rings (SSSR count). The molecule has 1 atom stereocenters. The number of carbonyl (C=O) groups excluding carboxylic acids is 2. The number of piperidine rings is 1. The molecule has 6 nitrogen and oxygen atoms in total. The second-order valence-electron chi connectivity index (χ2n) is 6.43. The van der Waals surface area contributed by atoms with Crippen LogP contribution in [0, 0.1) is 0 Å². The zero-order chi connectivity index (χ0) is 16.9. The highest BCUT2D eigenvalue weighted by Gasteiger charge is 2.34. The van der Waals surface area contributed by atoms with E-state index < -0.39 is 0 Å². The Bertz CT molecular complexity index is 597. The Labute approximate surface area is 142 Å². The molecule has 3 N–H and O–H groups in total. The minimum atomic E-state index is -0.371. The van der Waals surface area contributed by atoms with Crippen molar-refractivity contribution in [2.45, 2.75) is 37.7 Å². The smallest absolute Gasteiger partial charge is 0.230 e. The van der Waals surface area contributed by atoms with Gasteiger partial charge in [-0.1, -0.05) is 18.2 Å². The summed E-state index contributed by atoms with van der Waals surface area (Å²) in [4.78, 5) is 26.7. The highest BCUT2D eigenvalue weighted by molar-refractivity contribution is 6.01. The Balaban J connectivity index is 1.61. The zero-order valence-corrected chi connectivity index (χ0v) is 13.9. The van der Waals surface area contributed by atoms with Gasteiger partial charge in [-0.15, -0.1) is 0 Å². The first kappa shape index (κ1) is 16.9. The van der Waals surface area contributed by atoms with Crippen LogP contribution in [0.25, 0.3) is 0 Å². The number of nitrogens with one attached hydrogen (secondary N) is 1. The maximum atomic E-state index is 12.9. The molecule has 0 saturated carbocycles. The van der Waals surface area contributed by atoms with Gasteiger partial charge in [0, 0.05) is 31.8 Å². The molecule has 130 valence electrons. The van der Waals surface area contributed by atoms with Gasteiger partial charge in [-0.3, -0.25) is 9.59 Å². The van der Waals surface area contributed by atoms with Gasteiger partial charge in [-0.2, -0.15) is 0 Å². The standard InChI is InChI=1S/C18H25N3O3/c19-8-3-11-24-13-6-9-21(10-7-13)18(23)15-12-17(22)20-16-5-2-1-4-14(15)16/h1-2,4-5,13,15H,3,6-12,19H2,(H,20,22). The van der Waals surface area contributed by atoms with E-state index in [1.807, 2.05) is 29.2 Å². The normalized spacial score (nSPS) is 21.3. The monoisotopic (exact) mass is 331 g/mol. The van der Waals surface area contributed by atoms with Gasteiger partial charge in [-0.05, 0) is 37.4 Å². The lowest BCUT2D eigenvalue weighted by molar-refractivity contribution is -0.137. The van der Waals surface area contributed by atoms with Crippen molar-refractivity contribution in [3.05, 3.63) is 29.8 Å². The number of amides is 2. The first-order valence-corrected chi connectivity index (χ1v) is 8.68. The molecule has 0 aromatic heterocycles. The van der Waals surface area contributed by atoms with Crippen LogP contribution in [0.2, 0.25) is 0 Å². The van der Waals surface area contributed by atoms with Gasteiger partial charge >= 0.3 is 0 Å². The van der Waals surface area contributed by atoms with Gasteiger partial charge in [0.1, 0.15) is 0 Å². The predicted octanol–water partition coefficient (Wildman–Crippen LogP) is 1.47. The van der Waals surface area contributed by atoms with Crippen molar-refractivity contribution in [2.24, 2.45) is 5.73 Å². The maximum absolute atomic E-state index is 12.9. The number of rotatable bonds is 5. The lowest BCUT2D eigenvalue weighted by atomic mass is 9.88. The highest BCUT2D eigenvalue weighted by atomic mass is 16.5. The third-order valence-corrected chi connectivity index (χ3v) is 4.75. The summed E-state index contributed by atoms with van der Waals surface area (Å²) in [7, 11) is 0. The quantitative estimate of drug-likeness (QED) is 0.800. The van der Waals surface area contributed by atoms with Crippen LogP contribution in [0.3, 0.4) is 0 Å². The fourth-order valence-electron chi connectivity index (χ4n) is 3.43. The molecule has 2 heterocycles. The average Bonchev–Trinajstić information content (AvgIpc) is 2.61. The van der Waals surface area contributed by atoms with Gasteiger partial charge in [0.25, 0.3) is 0 Å².